The van der Waals surface area contributed by atoms with E-state index in [1.54, 1.807) is 0 Å². The van der Waals surface area contributed by atoms with Gasteiger partial charge < -0.3 is 0 Å². The minimum absolute atomic E-state index is 0.247. The van der Waals surface area contributed by atoms with Gasteiger partial charge in [-0.3, -0.25) is 9.00 Å². The van der Waals surface area contributed by atoms with Crippen molar-refractivity contribution in [2.24, 2.45) is 0 Å². The first-order chi connectivity index (χ1) is 9.47. The van der Waals surface area contributed by atoms with E-state index in [9.17, 15) is 22.2 Å². The zero-order valence-corrected chi connectivity index (χ0v) is 10.9. The second-order valence-electron chi connectivity index (χ2n) is 3.99. The van der Waals surface area contributed by atoms with E-state index in [0.717, 1.165) is 30.3 Å². The molecule has 0 N–H and O–H groups in total. The summed E-state index contributed by atoms with van der Waals surface area (Å²) in [6.45, 7) is 0. The van der Waals surface area contributed by atoms with Gasteiger partial charge in [-0.25, -0.2) is 13.2 Å². The molecular formula is C14H9F3O2S. The molecule has 0 saturated carbocycles. The molecule has 0 aromatic heterocycles. The minimum Gasteiger partial charge on any atom is -0.293 e. The fraction of sp³-hybridized carbons (Fsp3) is 0.0714. The van der Waals surface area contributed by atoms with Crippen LogP contribution >= 0.6 is 0 Å². The van der Waals surface area contributed by atoms with Crippen molar-refractivity contribution in [2.45, 2.75) is 4.90 Å². The molecule has 0 saturated heterocycles. The summed E-state index contributed by atoms with van der Waals surface area (Å²) >= 11 is 0. The number of carbonyl (C=O) groups excluding carboxylic acids is 1. The molecule has 0 spiro atoms. The van der Waals surface area contributed by atoms with E-state index in [-0.39, 0.29) is 4.90 Å². The van der Waals surface area contributed by atoms with Gasteiger partial charge in [-0.2, -0.15) is 0 Å². The molecule has 2 aromatic rings. The van der Waals surface area contributed by atoms with Gasteiger partial charge in [-0.1, -0.05) is 0 Å². The number of ketones is 1. The third-order valence-corrected chi connectivity index (χ3v) is 3.89. The van der Waals surface area contributed by atoms with Crippen molar-refractivity contribution in [3.8, 4) is 0 Å². The summed E-state index contributed by atoms with van der Waals surface area (Å²) in [5.74, 6) is -3.38. The summed E-state index contributed by atoms with van der Waals surface area (Å²) < 4.78 is 51.0. The molecule has 0 aliphatic heterocycles. The van der Waals surface area contributed by atoms with Gasteiger partial charge in [0.2, 0.25) is 0 Å². The van der Waals surface area contributed by atoms with Crippen molar-refractivity contribution in [3.05, 3.63) is 65.5 Å². The van der Waals surface area contributed by atoms with Crippen LogP contribution in [-0.4, -0.2) is 15.7 Å². The monoisotopic (exact) mass is 298 g/mol. The molecule has 0 bridgehead atoms. The predicted octanol–water partition coefficient (Wildman–Crippen LogP) is 3.09. The number of rotatable bonds is 4. The number of Topliss-reactive ketones (excluding diaryl/α,β-unsaturated/α-hetero) is 1. The van der Waals surface area contributed by atoms with Crippen molar-refractivity contribution in [2.75, 3.05) is 5.75 Å². The van der Waals surface area contributed by atoms with E-state index in [4.69, 9.17) is 0 Å². The Labute approximate surface area is 115 Å². The van der Waals surface area contributed by atoms with Gasteiger partial charge in [0.15, 0.2) is 5.78 Å². The van der Waals surface area contributed by atoms with Gasteiger partial charge in [0.05, 0.1) is 22.1 Å². The summed E-state index contributed by atoms with van der Waals surface area (Å²) in [6.07, 6.45) is 0. The zero-order valence-electron chi connectivity index (χ0n) is 10.1. The van der Waals surface area contributed by atoms with Gasteiger partial charge >= 0.3 is 0 Å². The predicted molar refractivity (Wildman–Crippen MR) is 68.4 cm³/mol. The van der Waals surface area contributed by atoms with Gasteiger partial charge in [0, 0.05) is 4.90 Å². The van der Waals surface area contributed by atoms with E-state index in [2.05, 4.69) is 0 Å². The highest BCUT2D eigenvalue weighted by molar-refractivity contribution is 7.85. The van der Waals surface area contributed by atoms with Crippen molar-refractivity contribution >= 4 is 16.6 Å². The average Bonchev–Trinajstić information content (AvgIpc) is 2.42. The first-order valence-electron chi connectivity index (χ1n) is 5.59. The number of hydrogen-bond acceptors (Lipinski definition) is 2. The van der Waals surface area contributed by atoms with Crippen LogP contribution in [0.2, 0.25) is 0 Å². The average molecular weight is 298 g/mol. The Kier molecular flexibility index (Phi) is 4.34. The molecule has 0 aliphatic rings. The van der Waals surface area contributed by atoms with Crippen LogP contribution in [-0.2, 0) is 10.8 Å². The zero-order chi connectivity index (χ0) is 14.7. The Bertz CT molecular complexity index is 669. The fourth-order valence-electron chi connectivity index (χ4n) is 1.58. The molecule has 20 heavy (non-hydrogen) atoms. The first kappa shape index (κ1) is 14.5. The van der Waals surface area contributed by atoms with E-state index < -0.39 is 45.4 Å². The topological polar surface area (TPSA) is 34.1 Å². The van der Waals surface area contributed by atoms with Crippen LogP contribution in [0.1, 0.15) is 10.4 Å². The van der Waals surface area contributed by atoms with Crippen molar-refractivity contribution in [1.29, 1.82) is 0 Å². The van der Waals surface area contributed by atoms with Crippen LogP contribution in [0.5, 0.6) is 0 Å². The Morgan fingerprint density at radius 1 is 0.950 bits per heavy atom. The molecule has 0 heterocycles. The molecule has 2 nitrogen and oxygen atoms in total. The molecule has 1 atom stereocenters. The van der Waals surface area contributed by atoms with Crippen LogP contribution in [0.15, 0.2) is 47.4 Å². The molecule has 1 unspecified atom stereocenters. The quantitative estimate of drug-likeness (QED) is 0.813. The molecule has 0 radical (unpaired) electrons. The highest BCUT2D eigenvalue weighted by Gasteiger charge is 2.16. The second kappa shape index (κ2) is 6.00. The molecule has 2 aromatic carbocycles. The van der Waals surface area contributed by atoms with Crippen LogP contribution in [0.3, 0.4) is 0 Å². The maximum absolute atomic E-state index is 13.4. The van der Waals surface area contributed by atoms with Crippen LogP contribution in [0.4, 0.5) is 13.2 Å². The number of halogens is 3. The van der Waals surface area contributed by atoms with E-state index in [0.29, 0.717) is 0 Å². The van der Waals surface area contributed by atoms with E-state index >= 15 is 0 Å². The molecule has 2 rings (SSSR count). The van der Waals surface area contributed by atoms with E-state index in [1.807, 2.05) is 0 Å². The molecule has 6 heteroatoms. The lowest BCUT2D eigenvalue weighted by molar-refractivity contribution is 0.101. The standard InChI is InChI=1S/C14H9F3O2S/c15-9-1-4-11(5-2-9)20(19)8-14(18)12-7-10(16)3-6-13(12)17/h1-7H,8H2. The number of carbonyl (C=O) groups is 1. The second-order valence-corrected chi connectivity index (χ2v) is 5.44. The lowest BCUT2D eigenvalue weighted by Gasteiger charge is -2.04. The summed E-state index contributed by atoms with van der Waals surface area (Å²) in [6, 6.07) is 7.27. The Morgan fingerprint density at radius 3 is 2.20 bits per heavy atom. The minimum atomic E-state index is -1.74. The van der Waals surface area contributed by atoms with Crippen LogP contribution < -0.4 is 0 Å². The van der Waals surface area contributed by atoms with E-state index in [1.165, 1.54) is 12.1 Å². The largest absolute Gasteiger partial charge is 0.293 e. The summed E-state index contributed by atoms with van der Waals surface area (Å²) in [5.41, 5.74) is -0.444. The third-order valence-electron chi connectivity index (χ3n) is 2.57. The first-order valence-corrected chi connectivity index (χ1v) is 6.91. The maximum Gasteiger partial charge on any atom is 0.178 e. The van der Waals surface area contributed by atoms with Gasteiger partial charge in [0.25, 0.3) is 0 Å². The molecule has 0 amide bonds. The third kappa shape index (κ3) is 3.33. The van der Waals surface area contributed by atoms with Gasteiger partial charge in [-0.05, 0) is 42.5 Å². The number of hydrogen-bond donors (Lipinski definition) is 0. The van der Waals surface area contributed by atoms with Crippen LogP contribution in [0.25, 0.3) is 0 Å². The SMILES string of the molecule is O=C(CS(=O)c1ccc(F)cc1)c1cc(F)ccc1F. The summed E-state index contributed by atoms with van der Waals surface area (Å²) in [5, 5.41) is 0. The van der Waals surface area contributed by atoms with Crippen LogP contribution in [0, 0.1) is 17.5 Å². The molecule has 0 fully saturated rings. The Morgan fingerprint density at radius 2 is 1.55 bits per heavy atom. The maximum atomic E-state index is 13.4. The lowest BCUT2D eigenvalue weighted by Crippen LogP contribution is -2.13. The molecule has 0 aliphatic carbocycles. The molecule has 104 valence electrons. The number of benzene rings is 2. The summed E-state index contributed by atoms with van der Waals surface area (Å²) in [7, 11) is -1.74. The lowest BCUT2D eigenvalue weighted by atomic mass is 10.1. The summed E-state index contributed by atoms with van der Waals surface area (Å²) in [4.78, 5) is 12.0. The highest BCUT2D eigenvalue weighted by Crippen LogP contribution is 2.14. The smallest absolute Gasteiger partial charge is 0.178 e. The van der Waals surface area contributed by atoms with Crippen molar-refractivity contribution in [3.63, 3.8) is 0 Å². The molecular weight excluding hydrogens is 289 g/mol. The normalized spacial score (nSPS) is 12.2. The Hall–Kier alpha value is -1.95. The highest BCUT2D eigenvalue weighted by atomic mass is 32.2. The Balaban J connectivity index is 2.17. The fourth-order valence-corrected chi connectivity index (χ4v) is 2.58. The van der Waals surface area contributed by atoms with Crippen molar-refractivity contribution in [1.82, 2.24) is 0 Å². The van der Waals surface area contributed by atoms with Gasteiger partial charge in [-0.15, -0.1) is 0 Å². The van der Waals surface area contributed by atoms with Gasteiger partial charge in [0.1, 0.15) is 17.5 Å². The van der Waals surface area contributed by atoms with Crippen molar-refractivity contribution < 1.29 is 22.2 Å².